The molecule has 2 amide bonds. The van der Waals surface area contributed by atoms with E-state index in [-0.39, 0.29) is 11.9 Å². The Hall–Kier alpha value is -1.26. The Morgan fingerprint density at radius 2 is 2.06 bits per heavy atom. The lowest BCUT2D eigenvalue weighted by atomic mass is 9.91. The van der Waals surface area contributed by atoms with E-state index in [0.717, 1.165) is 19.3 Å². The first-order chi connectivity index (χ1) is 8.54. The molecule has 1 fully saturated rings. The van der Waals surface area contributed by atoms with Gasteiger partial charge in [0.05, 0.1) is 5.92 Å². The topological polar surface area (TPSA) is 69.6 Å². The molecule has 0 bridgehead atoms. The van der Waals surface area contributed by atoms with Crippen molar-refractivity contribution in [3.05, 3.63) is 0 Å². The van der Waals surface area contributed by atoms with Crippen LogP contribution in [0.5, 0.6) is 0 Å². The Kier molecular flexibility index (Phi) is 5.95. The summed E-state index contributed by atoms with van der Waals surface area (Å²) in [5, 5.41) is 11.9. The fourth-order valence-electron chi connectivity index (χ4n) is 2.38. The maximum Gasteiger partial charge on any atom is 0.317 e. The van der Waals surface area contributed by atoms with Gasteiger partial charge < -0.3 is 15.3 Å². The number of unbranched alkanes of at least 4 members (excludes halogenated alkanes) is 2. The molecule has 5 heteroatoms. The van der Waals surface area contributed by atoms with E-state index in [1.807, 2.05) is 6.92 Å². The minimum absolute atomic E-state index is 0.121. The highest BCUT2D eigenvalue weighted by Gasteiger charge is 2.31. The predicted molar refractivity (Wildman–Crippen MR) is 69.4 cm³/mol. The van der Waals surface area contributed by atoms with Crippen LogP contribution in [0, 0.1) is 11.8 Å². The molecule has 2 atom stereocenters. The number of hydrogen-bond acceptors (Lipinski definition) is 2. The van der Waals surface area contributed by atoms with E-state index in [4.69, 9.17) is 5.11 Å². The Morgan fingerprint density at radius 3 is 2.67 bits per heavy atom. The highest BCUT2D eigenvalue weighted by Crippen LogP contribution is 2.21. The number of carboxylic acids is 1. The number of rotatable bonds is 5. The highest BCUT2D eigenvalue weighted by atomic mass is 16.4. The maximum atomic E-state index is 11.9. The number of piperidine rings is 1. The summed E-state index contributed by atoms with van der Waals surface area (Å²) in [5.74, 6) is -0.971. The monoisotopic (exact) mass is 256 g/mol. The molecule has 0 aromatic heterocycles. The van der Waals surface area contributed by atoms with Gasteiger partial charge in [-0.25, -0.2) is 4.79 Å². The first-order valence-corrected chi connectivity index (χ1v) is 6.80. The van der Waals surface area contributed by atoms with E-state index >= 15 is 0 Å². The van der Waals surface area contributed by atoms with E-state index < -0.39 is 11.9 Å². The molecule has 0 aromatic carbocycles. The van der Waals surface area contributed by atoms with Crippen molar-refractivity contribution in [2.45, 2.75) is 39.5 Å². The number of aliphatic carboxylic acids is 1. The van der Waals surface area contributed by atoms with Crippen molar-refractivity contribution in [3.8, 4) is 0 Å². The average Bonchev–Trinajstić information content (AvgIpc) is 2.33. The van der Waals surface area contributed by atoms with Gasteiger partial charge >= 0.3 is 12.0 Å². The molecule has 2 unspecified atom stereocenters. The van der Waals surface area contributed by atoms with E-state index in [9.17, 15) is 9.59 Å². The lowest BCUT2D eigenvalue weighted by Gasteiger charge is -2.34. The number of hydrogen-bond donors (Lipinski definition) is 2. The second-order valence-corrected chi connectivity index (χ2v) is 5.22. The van der Waals surface area contributed by atoms with Crippen molar-refractivity contribution < 1.29 is 14.7 Å². The zero-order valence-corrected chi connectivity index (χ0v) is 11.3. The zero-order valence-electron chi connectivity index (χ0n) is 11.3. The molecule has 0 saturated carbocycles. The minimum atomic E-state index is -0.801. The summed E-state index contributed by atoms with van der Waals surface area (Å²) in [6, 6.07) is -0.121. The Bertz CT molecular complexity index is 294. The number of carbonyl (C=O) groups excluding carboxylic acids is 1. The number of urea groups is 1. The highest BCUT2D eigenvalue weighted by molar-refractivity contribution is 5.76. The van der Waals surface area contributed by atoms with Crippen LogP contribution in [0.3, 0.4) is 0 Å². The van der Waals surface area contributed by atoms with Crippen LogP contribution >= 0.6 is 0 Å². The molecule has 1 rings (SSSR count). The third-order valence-corrected chi connectivity index (χ3v) is 3.35. The van der Waals surface area contributed by atoms with Gasteiger partial charge in [-0.2, -0.15) is 0 Å². The van der Waals surface area contributed by atoms with Gasteiger partial charge in [0.2, 0.25) is 0 Å². The summed E-state index contributed by atoms with van der Waals surface area (Å²) in [4.78, 5) is 24.5. The smallest absolute Gasteiger partial charge is 0.317 e. The van der Waals surface area contributed by atoms with Gasteiger partial charge in [-0.05, 0) is 18.8 Å². The maximum absolute atomic E-state index is 11.9. The van der Waals surface area contributed by atoms with Gasteiger partial charge in [0, 0.05) is 19.6 Å². The van der Waals surface area contributed by atoms with Gasteiger partial charge in [0.15, 0.2) is 0 Å². The van der Waals surface area contributed by atoms with Crippen LogP contribution in [-0.4, -0.2) is 41.6 Å². The van der Waals surface area contributed by atoms with E-state index in [2.05, 4.69) is 12.2 Å². The molecule has 0 spiro atoms. The van der Waals surface area contributed by atoms with Crippen LogP contribution in [0.1, 0.15) is 39.5 Å². The molecule has 0 aliphatic carbocycles. The number of carbonyl (C=O) groups is 2. The van der Waals surface area contributed by atoms with Crippen LogP contribution in [0.4, 0.5) is 4.79 Å². The predicted octanol–water partition coefficient (Wildman–Crippen LogP) is 1.93. The number of amides is 2. The first kappa shape index (κ1) is 14.8. The number of nitrogens with one attached hydrogen (secondary N) is 1. The molecule has 1 aliphatic rings. The standard InChI is InChI=1S/C13H24N2O3/c1-3-4-5-6-14-13(18)15-8-10(2)7-11(9-15)12(16)17/h10-11H,3-9H2,1-2H3,(H,14,18)(H,16,17). The van der Waals surface area contributed by atoms with Gasteiger partial charge in [0.1, 0.15) is 0 Å². The van der Waals surface area contributed by atoms with E-state index in [0.29, 0.717) is 26.1 Å². The van der Waals surface area contributed by atoms with Gasteiger partial charge in [-0.3, -0.25) is 4.79 Å². The van der Waals surface area contributed by atoms with Crippen molar-refractivity contribution in [3.63, 3.8) is 0 Å². The summed E-state index contributed by atoms with van der Waals surface area (Å²) < 4.78 is 0. The largest absolute Gasteiger partial charge is 0.481 e. The second kappa shape index (κ2) is 7.24. The quantitative estimate of drug-likeness (QED) is 0.738. The summed E-state index contributed by atoms with van der Waals surface area (Å²) >= 11 is 0. The number of carboxylic acid groups (broad SMARTS) is 1. The average molecular weight is 256 g/mol. The SMILES string of the molecule is CCCCCNC(=O)N1CC(C)CC(C(=O)O)C1. The van der Waals surface area contributed by atoms with Crippen LogP contribution in [0.25, 0.3) is 0 Å². The molecule has 1 saturated heterocycles. The van der Waals surface area contributed by atoms with Crippen molar-refractivity contribution in [1.82, 2.24) is 10.2 Å². The summed E-state index contributed by atoms with van der Waals surface area (Å²) in [6.07, 6.45) is 3.87. The summed E-state index contributed by atoms with van der Waals surface area (Å²) in [6.45, 7) is 5.77. The lowest BCUT2D eigenvalue weighted by molar-refractivity contribution is -0.143. The minimum Gasteiger partial charge on any atom is -0.481 e. The van der Waals surface area contributed by atoms with Crippen LogP contribution in [-0.2, 0) is 4.79 Å². The fourth-order valence-corrected chi connectivity index (χ4v) is 2.38. The van der Waals surface area contributed by atoms with Crippen molar-refractivity contribution >= 4 is 12.0 Å². The van der Waals surface area contributed by atoms with Crippen molar-refractivity contribution in [2.24, 2.45) is 11.8 Å². The number of nitrogens with zero attached hydrogens (tertiary/aromatic N) is 1. The third-order valence-electron chi connectivity index (χ3n) is 3.35. The molecule has 2 N–H and O–H groups in total. The van der Waals surface area contributed by atoms with Crippen molar-refractivity contribution in [1.29, 1.82) is 0 Å². The molecule has 1 heterocycles. The molecule has 1 aliphatic heterocycles. The summed E-state index contributed by atoms with van der Waals surface area (Å²) in [7, 11) is 0. The van der Waals surface area contributed by atoms with Gasteiger partial charge in [-0.15, -0.1) is 0 Å². The lowest BCUT2D eigenvalue weighted by Crippen LogP contribution is -2.49. The van der Waals surface area contributed by atoms with Gasteiger partial charge in [-0.1, -0.05) is 26.7 Å². The Morgan fingerprint density at radius 1 is 1.33 bits per heavy atom. The first-order valence-electron chi connectivity index (χ1n) is 6.80. The van der Waals surface area contributed by atoms with E-state index in [1.54, 1.807) is 4.90 Å². The Balaban J connectivity index is 2.39. The van der Waals surface area contributed by atoms with Crippen LogP contribution in [0.15, 0.2) is 0 Å². The molecular weight excluding hydrogens is 232 g/mol. The molecule has 0 radical (unpaired) electrons. The van der Waals surface area contributed by atoms with Crippen molar-refractivity contribution in [2.75, 3.05) is 19.6 Å². The third kappa shape index (κ3) is 4.55. The Labute approximate surface area is 109 Å². The zero-order chi connectivity index (χ0) is 13.5. The second-order valence-electron chi connectivity index (χ2n) is 5.22. The molecule has 18 heavy (non-hydrogen) atoms. The molecule has 0 aromatic rings. The van der Waals surface area contributed by atoms with Crippen LogP contribution in [0.2, 0.25) is 0 Å². The molecule has 104 valence electrons. The molecule has 5 nitrogen and oxygen atoms in total. The molecular formula is C13H24N2O3. The number of likely N-dealkylation sites (tertiary alicyclic amines) is 1. The normalized spacial score (nSPS) is 23.8. The van der Waals surface area contributed by atoms with E-state index in [1.165, 1.54) is 0 Å². The van der Waals surface area contributed by atoms with Crippen LogP contribution < -0.4 is 5.32 Å². The van der Waals surface area contributed by atoms with Gasteiger partial charge in [0.25, 0.3) is 0 Å². The fraction of sp³-hybridized carbons (Fsp3) is 0.846. The summed E-state index contributed by atoms with van der Waals surface area (Å²) in [5.41, 5.74) is 0.